The fraction of sp³-hybridized carbons (Fsp3) is 0.321. The maximum absolute atomic E-state index is 13.2. The number of piperidine rings is 1. The third-order valence-electron chi connectivity index (χ3n) is 7.12. The Hall–Kier alpha value is -3.74. The SMILES string of the molecule is O=C(c1ccc(F)cc1)N1CCN(C(=O)C2CCN(C(=O)c3cccc4ccccc34)CC2)CC1. The van der Waals surface area contributed by atoms with Crippen LogP contribution in [0.4, 0.5) is 4.39 Å². The average Bonchev–Trinajstić information content (AvgIpc) is 2.92. The molecule has 2 fully saturated rings. The minimum atomic E-state index is -0.373. The van der Waals surface area contributed by atoms with Gasteiger partial charge in [-0.05, 0) is 53.9 Å². The fourth-order valence-electron chi connectivity index (χ4n) is 5.07. The Bertz CT molecular complexity index is 1240. The second kappa shape index (κ2) is 9.86. The number of halogens is 1. The lowest BCUT2D eigenvalue weighted by Crippen LogP contribution is -2.53. The maximum Gasteiger partial charge on any atom is 0.254 e. The lowest BCUT2D eigenvalue weighted by atomic mass is 9.94. The van der Waals surface area contributed by atoms with Crippen molar-refractivity contribution in [3.05, 3.63) is 83.7 Å². The van der Waals surface area contributed by atoms with Gasteiger partial charge >= 0.3 is 0 Å². The van der Waals surface area contributed by atoms with Crippen LogP contribution in [0.3, 0.4) is 0 Å². The summed E-state index contributed by atoms with van der Waals surface area (Å²) in [7, 11) is 0. The third-order valence-corrected chi connectivity index (χ3v) is 7.12. The zero-order valence-electron chi connectivity index (χ0n) is 19.5. The van der Waals surface area contributed by atoms with E-state index >= 15 is 0 Å². The molecule has 0 bridgehead atoms. The van der Waals surface area contributed by atoms with Crippen LogP contribution in [0.25, 0.3) is 10.8 Å². The number of benzene rings is 3. The number of carbonyl (C=O) groups is 3. The summed E-state index contributed by atoms with van der Waals surface area (Å²) in [5.74, 6) is -0.498. The molecule has 0 unspecified atom stereocenters. The van der Waals surface area contributed by atoms with Gasteiger partial charge in [-0.1, -0.05) is 36.4 Å². The minimum Gasteiger partial charge on any atom is -0.339 e. The summed E-state index contributed by atoms with van der Waals surface area (Å²) in [6.45, 7) is 3.01. The highest BCUT2D eigenvalue weighted by atomic mass is 19.1. The van der Waals surface area contributed by atoms with Gasteiger partial charge in [-0.25, -0.2) is 4.39 Å². The number of rotatable bonds is 3. The lowest BCUT2D eigenvalue weighted by Gasteiger charge is -2.38. The van der Waals surface area contributed by atoms with E-state index in [9.17, 15) is 18.8 Å². The average molecular weight is 474 g/mol. The number of fused-ring (bicyclic) bond motifs is 1. The van der Waals surface area contributed by atoms with Crippen LogP contribution in [0.5, 0.6) is 0 Å². The van der Waals surface area contributed by atoms with Crippen LogP contribution in [-0.4, -0.2) is 71.7 Å². The molecular formula is C28H28FN3O3. The molecule has 6 nitrogen and oxygen atoms in total. The predicted octanol–water partition coefficient (Wildman–Crippen LogP) is 3.82. The van der Waals surface area contributed by atoms with E-state index in [4.69, 9.17) is 0 Å². The number of carbonyl (C=O) groups excluding carboxylic acids is 3. The van der Waals surface area contributed by atoms with Crippen molar-refractivity contribution < 1.29 is 18.8 Å². The summed E-state index contributed by atoms with van der Waals surface area (Å²) in [4.78, 5) is 44.4. The van der Waals surface area contributed by atoms with Crippen LogP contribution in [0.1, 0.15) is 33.6 Å². The van der Waals surface area contributed by atoms with Crippen LogP contribution >= 0.6 is 0 Å². The molecule has 0 aliphatic carbocycles. The van der Waals surface area contributed by atoms with Gasteiger partial charge in [0.1, 0.15) is 5.82 Å². The monoisotopic (exact) mass is 473 g/mol. The molecule has 3 aromatic carbocycles. The number of hydrogen-bond donors (Lipinski definition) is 0. The molecule has 5 rings (SSSR count). The van der Waals surface area contributed by atoms with Gasteiger partial charge in [0.2, 0.25) is 5.91 Å². The van der Waals surface area contributed by atoms with Crippen molar-refractivity contribution in [2.45, 2.75) is 12.8 Å². The molecule has 180 valence electrons. The molecular weight excluding hydrogens is 445 g/mol. The van der Waals surface area contributed by atoms with Crippen molar-refractivity contribution in [2.75, 3.05) is 39.3 Å². The summed E-state index contributed by atoms with van der Waals surface area (Å²) >= 11 is 0. The van der Waals surface area contributed by atoms with E-state index < -0.39 is 0 Å². The molecule has 3 amide bonds. The van der Waals surface area contributed by atoms with Gasteiger partial charge in [0.25, 0.3) is 11.8 Å². The second-order valence-electron chi connectivity index (χ2n) is 9.22. The van der Waals surface area contributed by atoms with Crippen LogP contribution in [-0.2, 0) is 4.79 Å². The summed E-state index contributed by atoms with van der Waals surface area (Å²) in [6, 6.07) is 19.2. The smallest absolute Gasteiger partial charge is 0.254 e. The van der Waals surface area contributed by atoms with Crippen molar-refractivity contribution in [3.63, 3.8) is 0 Å². The van der Waals surface area contributed by atoms with E-state index in [1.807, 2.05) is 52.3 Å². The van der Waals surface area contributed by atoms with E-state index in [1.54, 1.807) is 4.90 Å². The van der Waals surface area contributed by atoms with Crippen molar-refractivity contribution in [1.29, 1.82) is 0 Å². The van der Waals surface area contributed by atoms with E-state index in [2.05, 4.69) is 0 Å². The zero-order chi connectivity index (χ0) is 24.4. The van der Waals surface area contributed by atoms with E-state index in [0.717, 1.165) is 10.8 Å². The van der Waals surface area contributed by atoms with Gasteiger partial charge in [0.05, 0.1) is 0 Å². The molecule has 0 atom stereocenters. The molecule has 0 N–H and O–H groups in total. The van der Waals surface area contributed by atoms with Gasteiger partial charge < -0.3 is 14.7 Å². The van der Waals surface area contributed by atoms with E-state index in [0.29, 0.717) is 63.2 Å². The predicted molar refractivity (Wildman–Crippen MR) is 131 cm³/mol. The first-order valence-corrected chi connectivity index (χ1v) is 12.1. The molecule has 2 saturated heterocycles. The Kier molecular flexibility index (Phi) is 6.49. The van der Waals surface area contributed by atoms with Crippen LogP contribution in [0, 0.1) is 11.7 Å². The van der Waals surface area contributed by atoms with Gasteiger partial charge in [-0.3, -0.25) is 14.4 Å². The lowest BCUT2D eigenvalue weighted by molar-refractivity contribution is -0.138. The van der Waals surface area contributed by atoms with Crippen LogP contribution in [0.2, 0.25) is 0 Å². The summed E-state index contributed by atoms with van der Waals surface area (Å²) in [6.07, 6.45) is 1.29. The fourth-order valence-corrected chi connectivity index (χ4v) is 5.07. The maximum atomic E-state index is 13.2. The topological polar surface area (TPSA) is 60.9 Å². The van der Waals surface area contributed by atoms with Crippen molar-refractivity contribution in [2.24, 2.45) is 5.92 Å². The van der Waals surface area contributed by atoms with Crippen molar-refractivity contribution in [1.82, 2.24) is 14.7 Å². The first-order chi connectivity index (χ1) is 17.0. The zero-order valence-corrected chi connectivity index (χ0v) is 19.5. The number of nitrogens with zero attached hydrogens (tertiary/aromatic N) is 3. The molecule has 0 spiro atoms. The Morgan fingerprint density at radius 3 is 1.97 bits per heavy atom. The van der Waals surface area contributed by atoms with Gasteiger partial charge in [-0.15, -0.1) is 0 Å². The molecule has 35 heavy (non-hydrogen) atoms. The summed E-state index contributed by atoms with van der Waals surface area (Å²) in [5, 5.41) is 1.99. The Morgan fingerprint density at radius 2 is 1.26 bits per heavy atom. The normalized spacial score (nSPS) is 17.0. The largest absolute Gasteiger partial charge is 0.339 e. The standard InChI is InChI=1S/C28H28FN3O3/c29-23-10-8-21(9-11-23)26(33)31-16-18-32(19-17-31)27(34)22-12-14-30(15-13-22)28(35)25-7-3-5-20-4-1-2-6-24(20)25/h1-11,22H,12-19H2. The molecule has 7 heteroatoms. The summed E-state index contributed by atoms with van der Waals surface area (Å²) < 4.78 is 13.1. The van der Waals surface area contributed by atoms with Crippen LogP contribution < -0.4 is 0 Å². The van der Waals surface area contributed by atoms with Gasteiger partial charge in [0, 0.05) is 56.3 Å². The van der Waals surface area contributed by atoms with Crippen LogP contribution in [0.15, 0.2) is 66.7 Å². The van der Waals surface area contributed by atoms with Crippen molar-refractivity contribution >= 4 is 28.5 Å². The first-order valence-electron chi connectivity index (χ1n) is 12.1. The highest BCUT2D eigenvalue weighted by Gasteiger charge is 2.33. The van der Waals surface area contributed by atoms with E-state index in [1.165, 1.54) is 24.3 Å². The van der Waals surface area contributed by atoms with Gasteiger partial charge in [-0.2, -0.15) is 0 Å². The number of amides is 3. The third kappa shape index (κ3) is 4.76. The van der Waals surface area contributed by atoms with Crippen molar-refractivity contribution in [3.8, 4) is 0 Å². The number of piperazine rings is 1. The molecule has 2 aliphatic rings. The summed E-state index contributed by atoms with van der Waals surface area (Å²) in [5.41, 5.74) is 1.16. The quantitative estimate of drug-likeness (QED) is 0.581. The minimum absolute atomic E-state index is 0.0145. The Balaban J connectivity index is 1.14. The first kappa shape index (κ1) is 23.0. The highest BCUT2D eigenvalue weighted by Crippen LogP contribution is 2.25. The number of likely N-dealkylation sites (tertiary alicyclic amines) is 1. The molecule has 2 heterocycles. The molecule has 0 aromatic heterocycles. The number of hydrogen-bond acceptors (Lipinski definition) is 3. The molecule has 0 radical (unpaired) electrons. The molecule has 2 aliphatic heterocycles. The molecule has 0 saturated carbocycles. The Morgan fingerprint density at radius 1 is 0.657 bits per heavy atom. The second-order valence-corrected chi connectivity index (χ2v) is 9.22. The highest BCUT2D eigenvalue weighted by molar-refractivity contribution is 6.07. The Labute approximate surface area is 203 Å². The van der Waals surface area contributed by atoms with E-state index in [-0.39, 0.29) is 29.5 Å². The van der Waals surface area contributed by atoms with Gasteiger partial charge in [0.15, 0.2) is 0 Å². The molecule has 3 aromatic rings.